The first-order valence-corrected chi connectivity index (χ1v) is 8.68. The van der Waals surface area contributed by atoms with Gasteiger partial charge in [-0.1, -0.05) is 30.3 Å². The van der Waals surface area contributed by atoms with Crippen molar-refractivity contribution in [2.75, 3.05) is 20.3 Å². The maximum absolute atomic E-state index is 13.1. The summed E-state index contributed by atoms with van der Waals surface area (Å²) in [5.41, 5.74) is 4.01. The molecule has 0 atom stereocenters. The molecule has 0 spiro atoms. The van der Waals surface area contributed by atoms with E-state index in [-0.39, 0.29) is 11.7 Å². The van der Waals surface area contributed by atoms with E-state index < -0.39 is 0 Å². The number of ether oxygens (including phenoxy) is 1. The van der Waals surface area contributed by atoms with Crippen molar-refractivity contribution in [2.24, 2.45) is 0 Å². The Hall–Kier alpha value is -2.40. The summed E-state index contributed by atoms with van der Waals surface area (Å²) >= 11 is 0. The van der Waals surface area contributed by atoms with Crippen molar-refractivity contribution in [3.63, 3.8) is 0 Å². The van der Waals surface area contributed by atoms with Crippen LogP contribution in [0.15, 0.2) is 30.3 Å². The van der Waals surface area contributed by atoms with Crippen molar-refractivity contribution >= 4 is 11.7 Å². The molecule has 1 aromatic carbocycles. The second kappa shape index (κ2) is 7.66. The number of methoxy groups -OCH3 is 1. The van der Waals surface area contributed by atoms with Crippen LogP contribution in [0, 0.1) is 6.92 Å². The third-order valence-electron chi connectivity index (χ3n) is 4.72. The number of rotatable bonds is 6. The van der Waals surface area contributed by atoms with Crippen LogP contribution in [0.5, 0.6) is 0 Å². The molecule has 0 saturated carbocycles. The number of fused-ring (bicyclic) bond motifs is 1. The molecular formula is C20H24N2O3. The van der Waals surface area contributed by atoms with E-state index in [4.69, 9.17) is 4.74 Å². The van der Waals surface area contributed by atoms with Crippen LogP contribution in [0.2, 0.25) is 0 Å². The zero-order valence-corrected chi connectivity index (χ0v) is 14.8. The summed E-state index contributed by atoms with van der Waals surface area (Å²) in [6.45, 7) is 3.35. The summed E-state index contributed by atoms with van der Waals surface area (Å²) < 4.78 is 5.17. The number of hydrogen-bond acceptors (Lipinski definition) is 3. The van der Waals surface area contributed by atoms with E-state index in [1.807, 2.05) is 37.3 Å². The number of H-pyrrole nitrogens is 1. The third kappa shape index (κ3) is 3.66. The van der Waals surface area contributed by atoms with Crippen molar-refractivity contribution in [1.82, 2.24) is 9.88 Å². The second-order valence-electron chi connectivity index (χ2n) is 6.46. The molecular weight excluding hydrogens is 316 g/mol. The van der Waals surface area contributed by atoms with Gasteiger partial charge in [0.2, 0.25) is 0 Å². The Balaban J connectivity index is 1.88. The van der Waals surface area contributed by atoms with Crippen LogP contribution < -0.4 is 0 Å². The first kappa shape index (κ1) is 17.4. The normalized spacial score (nSPS) is 13.6. The van der Waals surface area contributed by atoms with Crippen molar-refractivity contribution in [3.05, 3.63) is 58.4 Å². The maximum atomic E-state index is 13.1. The van der Waals surface area contributed by atoms with Crippen LogP contribution in [0.3, 0.4) is 0 Å². The molecule has 5 heteroatoms. The summed E-state index contributed by atoms with van der Waals surface area (Å²) in [5, 5.41) is 0. The SMILES string of the molecule is COCCN(Cc1ccccc1)C(=O)c1[nH]c2c(c1C)C(=O)CCC2. The Morgan fingerprint density at radius 3 is 2.68 bits per heavy atom. The van der Waals surface area contributed by atoms with Gasteiger partial charge in [0.05, 0.1) is 6.61 Å². The molecule has 1 aliphatic rings. The molecule has 2 aromatic rings. The molecule has 0 radical (unpaired) electrons. The smallest absolute Gasteiger partial charge is 0.270 e. The Morgan fingerprint density at radius 2 is 2.00 bits per heavy atom. The van der Waals surface area contributed by atoms with Gasteiger partial charge in [0, 0.05) is 37.9 Å². The molecule has 132 valence electrons. The number of ketones is 1. The van der Waals surface area contributed by atoms with Gasteiger partial charge in [-0.25, -0.2) is 0 Å². The van der Waals surface area contributed by atoms with Crippen molar-refractivity contribution in [3.8, 4) is 0 Å². The fourth-order valence-electron chi connectivity index (χ4n) is 3.40. The molecule has 1 heterocycles. The lowest BCUT2D eigenvalue weighted by atomic mass is 9.93. The lowest BCUT2D eigenvalue weighted by Crippen LogP contribution is -2.34. The topological polar surface area (TPSA) is 62.4 Å². The summed E-state index contributed by atoms with van der Waals surface area (Å²) in [4.78, 5) is 30.3. The van der Waals surface area contributed by atoms with Crippen LogP contribution in [-0.2, 0) is 17.7 Å². The highest BCUT2D eigenvalue weighted by Gasteiger charge is 2.28. The lowest BCUT2D eigenvalue weighted by Gasteiger charge is -2.22. The molecule has 0 saturated heterocycles. The van der Waals surface area contributed by atoms with Crippen molar-refractivity contribution in [1.29, 1.82) is 0 Å². The van der Waals surface area contributed by atoms with E-state index in [0.29, 0.717) is 31.8 Å². The maximum Gasteiger partial charge on any atom is 0.270 e. The van der Waals surface area contributed by atoms with Crippen LogP contribution in [0.25, 0.3) is 0 Å². The number of benzene rings is 1. The van der Waals surface area contributed by atoms with Gasteiger partial charge in [-0.05, 0) is 30.9 Å². The van der Waals surface area contributed by atoms with E-state index in [0.717, 1.165) is 35.2 Å². The highest BCUT2D eigenvalue weighted by molar-refractivity contribution is 6.04. The molecule has 1 amide bonds. The van der Waals surface area contributed by atoms with Crippen LogP contribution in [0.4, 0.5) is 0 Å². The van der Waals surface area contributed by atoms with Crippen molar-refractivity contribution in [2.45, 2.75) is 32.7 Å². The number of aryl methyl sites for hydroxylation is 1. The van der Waals surface area contributed by atoms with Gasteiger partial charge >= 0.3 is 0 Å². The fourth-order valence-corrected chi connectivity index (χ4v) is 3.40. The van der Waals surface area contributed by atoms with Gasteiger partial charge in [0.15, 0.2) is 5.78 Å². The quantitative estimate of drug-likeness (QED) is 0.879. The molecule has 0 unspecified atom stereocenters. The standard InChI is InChI=1S/C20H24N2O3/c1-14-18-16(9-6-10-17(18)23)21-19(14)20(24)22(11-12-25-2)13-15-7-4-3-5-8-15/h3-5,7-8,21H,6,9-13H2,1-2H3. The molecule has 3 rings (SSSR count). The van der Waals surface area contributed by atoms with Gasteiger partial charge in [-0.2, -0.15) is 0 Å². The van der Waals surface area contributed by atoms with E-state index in [9.17, 15) is 9.59 Å². The number of carbonyl (C=O) groups excluding carboxylic acids is 2. The minimum absolute atomic E-state index is 0.0828. The van der Waals surface area contributed by atoms with Crippen LogP contribution in [-0.4, -0.2) is 41.8 Å². The number of amides is 1. The Bertz CT molecular complexity index is 765. The summed E-state index contributed by atoms with van der Waals surface area (Å²) in [5.74, 6) is 0.0566. The van der Waals surface area contributed by atoms with E-state index >= 15 is 0 Å². The number of aromatic nitrogens is 1. The monoisotopic (exact) mass is 340 g/mol. The Morgan fingerprint density at radius 1 is 1.24 bits per heavy atom. The highest BCUT2D eigenvalue weighted by Crippen LogP contribution is 2.27. The minimum atomic E-state index is -0.0828. The molecule has 0 aliphatic heterocycles. The summed E-state index contributed by atoms with van der Waals surface area (Å²) in [6, 6.07) is 9.89. The van der Waals surface area contributed by atoms with Crippen molar-refractivity contribution < 1.29 is 14.3 Å². The second-order valence-corrected chi connectivity index (χ2v) is 6.46. The molecule has 0 bridgehead atoms. The van der Waals surface area contributed by atoms with Gasteiger partial charge in [-0.15, -0.1) is 0 Å². The highest BCUT2D eigenvalue weighted by atomic mass is 16.5. The fraction of sp³-hybridized carbons (Fsp3) is 0.400. The van der Waals surface area contributed by atoms with E-state index in [1.165, 1.54) is 0 Å². The number of carbonyl (C=O) groups is 2. The minimum Gasteiger partial charge on any atom is -0.383 e. The predicted octanol–water partition coefficient (Wildman–Crippen LogP) is 3.13. The number of Topliss-reactive ketones (excluding diaryl/α,β-unsaturated/α-hetero) is 1. The van der Waals surface area contributed by atoms with Gasteiger partial charge < -0.3 is 14.6 Å². The summed E-state index contributed by atoms with van der Waals surface area (Å²) in [6.07, 6.45) is 2.24. The average Bonchev–Trinajstić information content (AvgIpc) is 2.97. The largest absolute Gasteiger partial charge is 0.383 e. The van der Waals surface area contributed by atoms with Gasteiger partial charge in [0.25, 0.3) is 5.91 Å². The Kier molecular flexibility index (Phi) is 5.34. The number of nitrogens with one attached hydrogen (secondary N) is 1. The molecule has 5 nitrogen and oxygen atoms in total. The molecule has 0 fully saturated rings. The predicted molar refractivity (Wildman–Crippen MR) is 95.9 cm³/mol. The molecule has 25 heavy (non-hydrogen) atoms. The first-order chi connectivity index (χ1) is 12.1. The van der Waals surface area contributed by atoms with Gasteiger partial charge in [-0.3, -0.25) is 9.59 Å². The number of hydrogen-bond donors (Lipinski definition) is 1. The average molecular weight is 340 g/mol. The first-order valence-electron chi connectivity index (χ1n) is 8.68. The Labute approximate surface area is 148 Å². The zero-order chi connectivity index (χ0) is 17.8. The lowest BCUT2D eigenvalue weighted by molar-refractivity contribution is 0.0674. The number of aromatic amines is 1. The molecule has 1 aromatic heterocycles. The third-order valence-corrected chi connectivity index (χ3v) is 4.72. The van der Waals surface area contributed by atoms with E-state index in [1.54, 1.807) is 12.0 Å². The molecule has 1 N–H and O–H groups in total. The zero-order valence-electron chi connectivity index (χ0n) is 14.8. The van der Waals surface area contributed by atoms with Crippen LogP contribution in [0.1, 0.15) is 50.5 Å². The van der Waals surface area contributed by atoms with Crippen LogP contribution >= 0.6 is 0 Å². The summed E-state index contributed by atoms with van der Waals surface area (Å²) in [7, 11) is 1.63. The van der Waals surface area contributed by atoms with E-state index in [2.05, 4.69) is 4.98 Å². The van der Waals surface area contributed by atoms with Gasteiger partial charge in [0.1, 0.15) is 5.69 Å². The molecule has 1 aliphatic carbocycles. The number of nitrogens with zero attached hydrogens (tertiary/aromatic N) is 1.